The van der Waals surface area contributed by atoms with Gasteiger partial charge in [0.2, 0.25) is 0 Å². The molecule has 3 saturated heterocycles. The molecule has 6 nitrogen and oxygen atoms in total. The van der Waals surface area contributed by atoms with Gasteiger partial charge in [-0.3, -0.25) is 0 Å². The smallest absolute Gasteiger partial charge is 0.281 e. The molecule has 0 radical (unpaired) electrons. The summed E-state index contributed by atoms with van der Waals surface area (Å²) in [5, 5.41) is 3.40. The van der Waals surface area contributed by atoms with E-state index in [9.17, 15) is 8.42 Å². The summed E-state index contributed by atoms with van der Waals surface area (Å²) in [6, 6.07) is 0. The van der Waals surface area contributed by atoms with E-state index in [1.54, 1.807) is 15.7 Å². The number of rotatable bonds is 3. The first-order valence-electron chi connectivity index (χ1n) is 8.05. The minimum atomic E-state index is -3.30. The molecule has 122 valence electrons. The third kappa shape index (κ3) is 3.12. The lowest BCUT2D eigenvalue weighted by Crippen LogP contribution is -2.53. The van der Waals surface area contributed by atoms with Crippen LogP contribution in [0, 0.1) is 5.41 Å². The molecule has 0 amide bonds. The highest BCUT2D eigenvalue weighted by Crippen LogP contribution is 2.37. The van der Waals surface area contributed by atoms with E-state index in [4.69, 9.17) is 4.74 Å². The lowest BCUT2D eigenvalue weighted by Gasteiger charge is -2.42. The van der Waals surface area contributed by atoms with E-state index in [1.165, 1.54) is 0 Å². The van der Waals surface area contributed by atoms with E-state index < -0.39 is 10.2 Å². The van der Waals surface area contributed by atoms with Crippen molar-refractivity contribution in [2.24, 2.45) is 5.41 Å². The summed E-state index contributed by atoms with van der Waals surface area (Å²) in [7, 11) is -1.59. The first-order valence-corrected chi connectivity index (χ1v) is 9.44. The van der Waals surface area contributed by atoms with E-state index in [0.717, 1.165) is 45.2 Å². The molecule has 3 aliphatic heterocycles. The fraction of sp³-hybridized carbons (Fsp3) is 1.00. The SMILES string of the molecule is COC1CCN(S(=O)(=O)N2CCCC3(CCNC3)C2)CC1. The molecule has 0 aromatic rings. The van der Waals surface area contributed by atoms with Crippen molar-refractivity contribution in [2.75, 3.05) is 46.4 Å². The van der Waals surface area contributed by atoms with E-state index in [1.807, 2.05) is 0 Å². The third-order valence-electron chi connectivity index (χ3n) is 5.35. The fourth-order valence-corrected chi connectivity index (χ4v) is 5.76. The maximum Gasteiger partial charge on any atom is 0.281 e. The van der Waals surface area contributed by atoms with Crippen LogP contribution < -0.4 is 5.32 Å². The average Bonchev–Trinajstić information content (AvgIpc) is 2.95. The highest BCUT2D eigenvalue weighted by atomic mass is 32.2. The van der Waals surface area contributed by atoms with Crippen molar-refractivity contribution in [3.8, 4) is 0 Å². The number of nitrogens with one attached hydrogen (secondary N) is 1. The molecule has 21 heavy (non-hydrogen) atoms. The molecule has 7 heteroatoms. The molecule has 3 aliphatic rings. The zero-order valence-corrected chi connectivity index (χ0v) is 13.7. The lowest BCUT2D eigenvalue weighted by molar-refractivity contribution is 0.0578. The Morgan fingerprint density at radius 3 is 2.52 bits per heavy atom. The maximum atomic E-state index is 12.9. The van der Waals surface area contributed by atoms with Gasteiger partial charge in [0.25, 0.3) is 10.2 Å². The molecule has 0 aromatic carbocycles. The molecule has 0 aromatic heterocycles. The maximum absolute atomic E-state index is 12.9. The molecule has 0 aliphatic carbocycles. The van der Waals surface area contributed by atoms with Crippen molar-refractivity contribution >= 4 is 10.2 Å². The van der Waals surface area contributed by atoms with Crippen LogP contribution in [0.5, 0.6) is 0 Å². The first-order chi connectivity index (χ1) is 10.1. The number of piperidine rings is 2. The Bertz CT molecular complexity index is 454. The van der Waals surface area contributed by atoms with E-state index in [2.05, 4.69) is 5.32 Å². The van der Waals surface area contributed by atoms with Gasteiger partial charge in [-0.05, 0) is 44.1 Å². The summed E-state index contributed by atoms with van der Waals surface area (Å²) < 4.78 is 34.5. The minimum Gasteiger partial charge on any atom is -0.381 e. The van der Waals surface area contributed by atoms with Gasteiger partial charge in [0.05, 0.1) is 6.10 Å². The number of nitrogens with zero attached hydrogens (tertiary/aromatic N) is 2. The quantitative estimate of drug-likeness (QED) is 0.819. The van der Waals surface area contributed by atoms with Gasteiger partial charge in [0.1, 0.15) is 0 Å². The Balaban J connectivity index is 1.67. The average molecular weight is 317 g/mol. The normalized spacial score (nSPS) is 33.8. The molecule has 1 spiro atoms. The van der Waals surface area contributed by atoms with E-state index in [-0.39, 0.29) is 11.5 Å². The summed E-state index contributed by atoms with van der Waals surface area (Å²) in [5.41, 5.74) is 0.177. The van der Waals surface area contributed by atoms with Crippen LogP contribution in [0.3, 0.4) is 0 Å². The number of hydrogen-bond acceptors (Lipinski definition) is 4. The van der Waals surface area contributed by atoms with Crippen molar-refractivity contribution in [3.63, 3.8) is 0 Å². The predicted molar refractivity (Wildman–Crippen MR) is 81.3 cm³/mol. The van der Waals surface area contributed by atoms with Crippen molar-refractivity contribution in [1.29, 1.82) is 0 Å². The van der Waals surface area contributed by atoms with Crippen molar-refractivity contribution in [1.82, 2.24) is 13.9 Å². The van der Waals surface area contributed by atoms with Gasteiger partial charge in [-0.15, -0.1) is 0 Å². The van der Waals surface area contributed by atoms with Crippen molar-refractivity contribution in [3.05, 3.63) is 0 Å². The zero-order chi connectivity index (χ0) is 14.9. The third-order valence-corrected chi connectivity index (χ3v) is 7.33. The van der Waals surface area contributed by atoms with Gasteiger partial charge >= 0.3 is 0 Å². The zero-order valence-electron chi connectivity index (χ0n) is 12.9. The Kier molecular flexibility index (Phi) is 4.57. The Hall–Kier alpha value is -0.210. The second-order valence-corrected chi connectivity index (χ2v) is 8.63. The summed E-state index contributed by atoms with van der Waals surface area (Å²) in [6.45, 7) is 4.52. The van der Waals surface area contributed by atoms with E-state index in [0.29, 0.717) is 26.2 Å². The van der Waals surface area contributed by atoms with Crippen LogP contribution in [0.25, 0.3) is 0 Å². The molecule has 0 saturated carbocycles. The molecule has 3 heterocycles. The van der Waals surface area contributed by atoms with E-state index >= 15 is 0 Å². The van der Waals surface area contributed by atoms with Gasteiger partial charge < -0.3 is 10.1 Å². The van der Waals surface area contributed by atoms with Crippen LogP contribution >= 0.6 is 0 Å². The second kappa shape index (κ2) is 6.12. The first kappa shape index (κ1) is 15.7. The van der Waals surface area contributed by atoms with Crippen LogP contribution in [0.2, 0.25) is 0 Å². The topological polar surface area (TPSA) is 61.9 Å². The summed E-state index contributed by atoms with van der Waals surface area (Å²) in [6.07, 6.45) is 5.05. The van der Waals surface area contributed by atoms with Crippen LogP contribution in [-0.4, -0.2) is 69.5 Å². The molecule has 1 unspecified atom stereocenters. The van der Waals surface area contributed by atoms with Gasteiger partial charge in [0.15, 0.2) is 0 Å². The number of methoxy groups -OCH3 is 1. The lowest BCUT2D eigenvalue weighted by atomic mass is 9.80. The molecular weight excluding hydrogens is 290 g/mol. The highest BCUT2D eigenvalue weighted by Gasteiger charge is 2.43. The fourth-order valence-electron chi connectivity index (χ4n) is 3.97. The molecular formula is C14H27N3O3S. The number of hydrogen-bond donors (Lipinski definition) is 1. The van der Waals surface area contributed by atoms with Gasteiger partial charge in [-0.1, -0.05) is 0 Å². The number of ether oxygens (including phenoxy) is 1. The minimum absolute atomic E-state index is 0.177. The van der Waals surface area contributed by atoms with Crippen LogP contribution in [0.15, 0.2) is 0 Å². The Morgan fingerprint density at radius 1 is 1.14 bits per heavy atom. The molecule has 3 fully saturated rings. The highest BCUT2D eigenvalue weighted by molar-refractivity contribution is 7.86. The summed E-state index contributed by atoms with van der Waals surface area (Å²) in [5.74, 6) is 0. The largest absolute Gasteiger partial charge is 0.381 e. The second-order valence-electron chi connectivity index (χ2n) is 6.71. The van der Waals surface area contributed by atoms with Crippen molar-refractivity contribution < 1.29 is 13.2 Å². The van der Waals surface area contributed by atoms with Gasteiger partial charge in [-0.2, -0.15) is 17.0 Å². The van der Waals surface area contributed by atoms with Gasteiger partial charge in [0, 0.05) is 39.8 Å². The molecule has 3 rings (SSSR count). The standard InChI is InChI=1S/C14H27N3O3S/c1-20-13-3-9-16(10-4-13)21(18,19)17-8-2-5-14(12-17)6-7-15-11-14/h13,15H,2-12H2,1H3. The molecule has 1 atom stereocenters. The van der Waals surface area contributed by atoms with Gasteiger partial charge in [-0.25, -0.2) is 0 Å². The molecule has 1 N–H and O–H groups in total. The summed E-state index contributed by atoms with van der Waals surface area (Å²) >= 11 is 0. The predicted octanol–water partition coefficient (Wildman–Crippen LogP) is 0.418. The molecule has 0 bridgehead atoms. The summed E-state index contributed by atoms with van der Waals surface area (Å²) in [4.78, 5) is 0. The Morgan fingerprint density at radius 2 is 1.90 bits per heavy atom. The van der Waals surface area contributed by atoms with Crippen LogP contribution in [0.4, 0.5) is 0 Å². The van der Waals surface area contributed by atoms with Crippen LogP contribution in [0.1, 0.15) is 32.1 Å². The Labute approximate surface area is 128 Å². The van der Waals surface area contributed by atoms with Crippen molar-refractivity contribution in [2.45, 2.75) is 38.2 Å². The monoisotopic (exact) mass is 317 g/mol. The van der Waals surface area contributed by atoms with Crippen LogP contribution in [-0.2, 0) is 14.9 Å².